The monoisotopic (exact) mass is 149 g/mol. The molecule has 0 spiro atoms. The van der Waals surface area contributed by atoms with Crippen LogP contribution in [0.15, 0.2) is 0 Å². The SMILES string of the molecule is C1CSCS1.N=C=O. The van der Waals surface area contributed by atoms with Gasteiger partial charge in [0, 0.05) is 16.6 Å². The smallest absolute Gasteiger partial charge is 0.222 e. The van der Waals surface area contributed by atoms with Gasteiger partial charge >= 0.3 is 0 Å². The third kappa shape index (κ3) is 6.08. The van der Waals surface area contributed by atoms with Crippen molar-refractivity contribution in [3.8, 4) is 0 Å². The maximum atomic E-state index is 8.35. The van der Waals surface area contributed by atoms with Crippen molar-refractivity contribution in [2.75, 3.05) is 16.6 Å². The molecule has 0 aromatic rings. The maximum absolute atomic E-state index is 8.35. The molecule has 1 fully saturated rings. The summed E-state index contributed by atoms with van der Waals surface area (Å²) < 4.78 is 0. The summed E-state index contributed by atoms with van der Waals surface area (Å²) in [6.45, 7) is 0. The minimum Gasteiger partial charge on any atom is -0.222 e. The second-order valence-corrected chi connectivity index (χ2v) is 3.61. The third-order valence-electron chi connectivity index (χ3n) is 0.539. The zero-order chi connectivity index (χ0) is 6.24. The number of hydrogen-bond acceptors (Lipinski definition) is 4. The lowest BCUT2D eigenvalue weighted by molar-refractivity contribution is 0.563. The number of isocyanates is 1. The Balaban J connectivity index is 0.000000145. The lowest BCUT2D eigenvalue weighted by atomic mass is 11.0. The lowest BCUT2D eigenvalue weighted by Gasteiger charge is -1.68. The highest BCUT2D eigenvalue weighted by molar-refractivity contribution is 8.19. The molecule has 0 amide bonds. The molecule has 0 aromatic carbocycles. The lowest BCUT2D eigenvalue weighted by Crippen LogP contribution is -1.64. The normalized spacial score (nSPS) is 16.0. The van der Waals surface area contributed by atoms with Crippen molar-refractivity contribution in [3.63, 3.8) is 0 Å². The number of carbonyl (C=O) groups excluding carboxylic acids is 1. The molecule has 1 N–H and O–H groups in total. The molecule has 1 heterocycles. The summed E-state index contributed by atoms with van der Waals surface area (Å²) in [5.74, 6) is 2.76. The Bertz CT molecular complexity index is 68.5. The maximum Gasteiger partial charge on any atom is 0.231 e. The number of hydrogen-bond donors (Lipinski definition) is 1. The van der Waals surface area contributed by atoms with Crippen molar-refractivity contribution in [2.45, 2.75) is 0 Å². The van der Waals surface area contributed by atoms with E-state index in [0.717, 1.165) is 6.08 Å². The first kappa shape index (κ1) is 8.08. The minimum atomic E-state index is 0.750. The zero-order valence-electron chi connectivity index (χ0n) is 4.35. The Kier molecular flexibility index (Phi) is 7.15. The van der Waals surface area contributed by atoms with Gasteiger partial charge in [-0.2, -0.15) is 23.5 Å². The predicted molar refractivity (Wildman–Crippen MR) is 38.2 cm³/mol. The van der Waals surface area contributed by atoms with Gasteiger partial charge in [-0.1, -0.05) is 0 Å². The van der Waals surface area contributed by atoms with Gasteiger partial charge in [0.25, 0.3) is 0 Å². The highest BCUT2D eigenvalue weighted by Gasteiger charge is 1.95. The van der Waals surface area contributed by atoms with E-state index in [9.17, 15) is 0 Å². The fraction of sp³-hybridized carbons (Fsp3) is 0.750. The largest absolute Gasteiger partial charge is 0.231 e. The standard InChI is InChI=1S/C3H6S2.CHNO/c1-2-5-3-4-1;2-1-3/h1-3H2;2H. The molecule has 4 heteroatoms. The first-order chi connectivity index (χ1) is 3.91. The van der Waals surface area contributed by atoms with Crippen molar-refractivity contribution in [1.82, 2.24) is 0 Å². The van der Waals surface area contributed by atoms with Crippen molar-refractivity contribution in [1.29, 1.82) is 5.41 Å². The van der Waals surface area contributed by atoms with Crippen LogP contribution in [0, 0.1) is 5.41 Å². The van der Waals surface area contributed by atoms with Gasteiger partial charge in [0.05, 0.1) is 0 Å². The fourth-order valence-electron chi connectivity index (χ4n) is 0.295. The van der Waals surface area contributed by atoms with Crippen LogP contribution in [-0.4, -0.2) is 22.7 Å². The van der Waals surface area contributed by atoms with Crippen LogP contribution in [0.3, 0.4) is 0 Å². The molecular weight excluding hydrogens is 142 g/mol. The van der Waals surface area contributed by atoms with E-state index < -0.39 is 0 Å². The van der Waals surface area contributed by atoms with E-state index in [1.54, 1.807) is 0 Å². The van der Waals surface area contributed by atoms with Gasteiger partial charge in [0.15, 0.2) is 0 Å². The highest BCUT2D eigenvalue weighted by Crippen LogP contribution is 2.20. The average molecular weight is 149 g/mol. The van der Waals surface area contributed by atoms with Crippen LogP contribution in [0.4, 0.5) is 0 Å². The Morgan fingerprint density at radius 3 is 1.88 bits per heavy atom. The number of nitrogens with one attached hydrogen (secondary N) is 1. The van der Waals surface area contributed by atoms with Crippen LogP contribution in [-0.2, 0) is 4.79 Å². The first-order valence-corrected chi connectivity index (χ1v) is 4.42. The van der Waals surface area contributed by atoms with Crippen LogP contribution >= 0.6 is 23.5 Å². The van der Waals surface area contributed by atoms with Crippen molar-refractivity contribution in [2.24, 2.45) is 0 Å². The molecule has 0 aromatic heterocycles. The summed E-state index contributed by atoms with van der Waals surface area (Å²) in [7, 11) is 0. The van der Waals surface area contributed by atoms with Crippen molar-refractivity contribution < 1.29 is 4.79 Å². The molecule has 0 saturated carbocycles. The van der Waals surface area contributed by atoms with Crippen molar-refractivity contribution in [3.05, 3.63) is 0 Å². The van der Waals surface area contributed by atoms with Crippen LogP contribution in [0.2, 0.25) is 0 Å². The molecule has 0 atom stereocenters. The molecule has 1 aliphatic rings. The van der Waals surface area contributed by atoms with Gasteiger partial charge < -0.3 is 0 Å². The fourth-order valence-corrected chi connectivity index (χ4v) is 2.65. The van der Waals surface area contributed by atoms with E-state index in [-0.39, 0.29) is 0 Å². The van der Waals surface area contributed by atoms with E-state index in [1.807, 2.05) is 23.5 Å². The topological polar surface area (TPSA) is 40.9 Å². The van der Waals surface area contributed by atoms with Crippen molar-refractivity contribution >= 4 is 29.6 Å². The summed E-state index contributed by atoms with van der Waals surface area (Å²) in [5, 5.41) is 6.74. The summed E-state index contributed by atoms with van der Waals surface area (Å²) in [4.78, 5) is 8.35. The summed E-state index contributed by atoms with van der Waals surface area (Å²) in [6.07, 6.45) is 0.750. The summed E-state index contributed by atoms with van der Waals surface area (Å²) in [6, 6.07) is 0. The van der Waals surface area contributed by atoms with E-state index in [2.05, 4.69) is 0 Å². The predicted octanol–water partition coefficient (Wildman–Crippen LogP) is 1.32. The Morgan fingerprint density at radius 2 is 1.75 bits per heavy atom. The summed E-state index contributed by atoms with van der Waals surface area (Å²) in [5.41, 5.74) is 0. The molecule has 1 saturated heterocycles. The molecule has 8 heavy (non-hydrogen) atoms. The van der Waals surface area contributed by atoms with Crippen LogP contribution in [0.5, 0.6) is 0 Å². The van der Waals surface area contributed by atoms with Gasteiger partial charge in [0.2, 0.25) is 6.08 Å². The van der Waals surface area contributed by atoms with Crippen LogP contribution < -0.4 is 0 Å². The van der Waals surface area contributed by atoms with Gasteiger partial charge in [-0.15, -0.1) is 0 Å². The Hall–Kier alpha value is 0.0800. The molecular formula is C4H7NOS2. The molecule has 0 aliphatic carbocycles. The van der Waals surface area contributed by atoms with Crippen LogP contribution in [0.25, 0.3) is 0 Å². The second-order valence-electron chi connectivity index (χ2n) is 1.04. The molecule has 1 rings (SSSR count). The van der Waals surface area contributed by atoms with Gasteiger partial charge in [0.1, 0.15) is 0 Å². The number of thioether (sulfide) groups is 2. The molecule has 1 aliphatic heterocycles. The average Bonchev–Trinajstić information content (AvgIpc) is 2.17. The minimum absolute atomic E-state index is 0.750. The van der Waals surface area contributed by atoms with E-state index in [4.69, 9.17) is 10.2 Å². The Labute approximate surface area is 56.9 Å². The quantitative estimate of drug-likeness (QED) is 0.417. The highest BCUT2D eigenvalue weighted by atomic mass is 32.2. The first-order valence-electron chi connectivity index (χ1n) is 2.11. The van der Waals surface area contributed by atoms with Gasteiger partial charge in [-0.05, 0) is 0 Å². The van der Waals surface area contributed by atoms with Crippen LogP contribution in [0.1, 0.15) is 0 Å². The third-order valence-corrected chi connectivity index (χ3v) is 3.12. The second kappa shape index (κ2) is 7.08. The Morgan fingerprint density at radius 1 is 1.38 bits per heavy atom. The molecule has 0 radical (unpaired) electrons. The van der Waals surface area contributed by atoms with E-state index >= 15 is 0 Å². The van der Waals surface area contributed by atoms with E-state index in [0.29, 0.717) is 0 Å². The zero-order valence-corrected chi connectivity index (χ0v) is 5.98. The number of rotatable bonds is 0. The van der Waals surface area contributed by atoms with Gasteiger partial charge in [-0.3, -0.25) is 0 Å². The molecule has 0 unspecified atom stereocenters. The molecule has 0 bridgehead atoms. The summed E-state index contributed by atoms with van der Waals surface area (Å²) >= 11 is 4.07. The van der Waals surface area contributed by atoms with Gasteiger partial charge in [-0.25, -0.2) is 10.2 Å². The molecule has 46 valence electrons. The van der Waals surface area contributed by atoms with E-state index in [1.165, 1.54) is 16.6 Å². The molecule has 2 nitrogen and oxygen atoms in total.